The Kier molecular flexibility index (Phi) is 3.08. The van der Waals surface area contributed by atoms with Gasteiger partial charge in [0.1, 0.15) is 0 Å². The van der Waals surface area contributed by atoms with E-state index in [-0.39, 0.29) is 5.91 Å². The van der Waals surface area contributed by atoms with Crippen molar-refractivity contribution in [3.63, 3.8) is 0 Å². The molecule has 0 bridgehead atoms. The average molecular weight is 189 g/mol. The summed E-state index contributed by atoms with van der Waals surface area (Å²) in [6.45, 7) is 3.27. The molecular weight excluding hydrogens is 178 g/mol. The summed E-state index contributed by atoms with van der Waals surface area (Å²) in [5, 5.41) is 9.50. The van der Waals surface area contributed by atoms with Crippen molar-refractivity contribution < 1.29 is 4.79 Å². The molecule has 0 atom stereocenters. The van der Waals surface area contributed by atoms with Crippen LogP contribution in [0.2, 0.25) is 0 Å². The molecule has 0 aromatic heterocycles. The monoisotopic (exact) mass is 189 g/mol. The summed E-state index contributed by atoms with van der Waals surface area (Å²) in [4.78, 5) is 10.9. The molecule has 0 unspecified atom stereocenters. The van der Waals surface area contributed by atoms with Gasteiger partial charge in [-0.05, 0) is 24.6 Å². The number of hydrogen-bond acceptors (Lipinski definition) is 3. The minimum atomic E-state index is -0.339. The summed E-state index contributed by atoms with van der Waals surface area (Å²) < 4.78 is 0. The molecule has 4 heteroatoms. The molecule has 14 heavy (non-hydrogen) atoms. The van der Waals surface area contributed by atoms with Crippen LogP contribution in [0.4, 0.5) is 5.69 Å². The van der Waals surface area contributed by atoms with Crippen LogP contribution in [0.1, 0.15) is 12.5 Å². The number of nitriles is 1. The number of rotatable bonds is 2. The van der Waals surface area contributed by atoms with Gasteiger partial charge < -0.3 is 0 Å². The van der Waals surface area contributed by atoms with Crippen LogP contribution in [0.3, 0.4) is 0 Å². The van der Waals surface area contributed by atoms with E-state index in [2.05, 4.69) is 5.43 Å². The topological polar surface area (TPSA) is 56.1 Å². The van der Waals surface area contributed by atoms with E-state index in [1.54, 1.807) is 12.3 Å². The molecule has 0 aliphatic rings. The average Bonchev–Trinajstić information content (AvgIpc) is 2.14. The molecule has 1 N–H and O–H groups in total. The third-order valence-corrected chi connectivity index (χ3v) is 1.67. The number of aryl methyl sites for hydroxylation is 1. The van der Waals surface area contributed by atoms with Gasteiger partial charge in [0.15, 0.2) is 0 Å². The summed E-state index contributed by atoms with van der Waals surface area (Å²) in [6.07, 6.45) is 1.74. The van der Waals surface area contributed by atoms with Crippen molar-refractivity contribution in [3.05, 3.63) is 29.8 Å². The number of benzene rings is 1. The van der Waals surface area contributed by atoms with E-state index in [9.17, 15) is 4.79 Å². The Morgan fingerprint density at radius 2 is 2.29 bits per heavy atom. The minimum absolute atomic E-state index is 0.339. The second-order valence-electron chi connectivity index (χ2n) is 2.94. The quantitative estimate of drug-likeness (QED) is 0.437. The van der Waals surface area contributed by atoms with Crippen LogP contribution < -0.4 is 5.43 Å². The molecule has 4 nitrogen and oxygen atoms in total. The molecule has 0 aliphatic carbocycles. The molecule has 0 saturated heterocycles. The van der Waals surface area contributed by atoms with Crippen molar-refractivity contribution in [1.82, 2.24) is 5.01 Å². The van der Waals surface area contributed by atoms with Crippen molar-refractivity contribution in [1.29, 1.82) is 5.26 Å². The van der Waals surface area contributed by atoms with Crippen LogP contribution in [-0.2, 0) is 4.79 Å². The third kappa shape index (κ3) is 2.49. The Morgan fingerprint density at radius 1 is 1.57 bits per heavy atom. The second kappa shape index (κ2) is 4.28. The summed E-state index contributed by atoms with van der Waals surface area (Å²) in [7, 11) is 0. The molecule has 1 rings (SSSR count). The van der Waals surface area contributed by atoms with Gasteiger partial charge in [0.2, 0.25) is 6.19 Å². The van der Waals surface area contributed by atoms with Crippen molar-refractivity contribution in [2.24, 2.45) is 0 Å². The molecule has 0 spiro atoms. The Bertz CT molecular complexity index is 381. The number of nitrogens with one attached hydrogen (secondary N) is 1. The Hall–Kier alpha value is -2.02. The predicted octanol–water partition coefficient (Wildman–Crippen LogP) is 1.65. The molecule has 1 aromatic carbocycles. The summed E-state index contributed by atoms with van der Waals surface area (Å²) in [5.41, 5.74) is 4.48. The highest BCUT2D eigenvalue weighted by Gasteiger charge is 2.06. The molecule has 1 amide bonds. The number of carbonyl (C=O) groups excluding carboxylic acids is 1. The zero-order valence-electron chi connectivity index (χ0n) is 8.11. The zero-order chi connectivity index (χ0) is 10.6. The van der Waals surface area contributed by atoms with Gasteiger partial charge in [0, 0.05) is 6.92 Å². The maximum absolute atomic E-state index is 10.9. The van der Waals surface area contributed by atoms with E-state index in [1.165, 1.54) is 6.92 Å². The Labute approximate surface area is 82.7 Å². The van der Waals surface area contributed by atoms with Crippen molar-refractivity contribution >= 4 is 11.6 Å². The van der Waals surface area contributed by atoms with E-state index >= 15 is 0 Å². The first-order valence-corrected chi connectivity index (χ1v) is 4.17. The number of hydrazine groups is 1. The van der Waals surface area contributed by atoms with E-state index in [1.807, 2.05) is 25.1 Å². The fourth-order valence-electron chi connectivity index (χ4n) is 1.02. The lowest BCUT2D eigenvalue weighted by molar-refractivity contribution is -0.124. The van der Waals surface area contributed by atoms with Crippen LogP contribution in [0.25, 0.3) is 0 Å². The van der Waals surface area contributed by atoms with Crippen LogP contribution in [0, 0.1) is 18.4 Å². The van der Waals surface area contributed by atoms with Crippen LogP contribution in [0.5, 0.6) is 0 Å². The number of hydrogen-bond donors (Lipinski definition) is 1. The zero-order valence-corrected chi connectivity index (χ0v) is 8.11. The van der Waals surface area contributed by atoms with Gasteiger partial charge in [0.25, 0.3) is 5.91 Å². The molecular formula is C10H11N3O. The number of amides is 1. The van der Waals surface area contributed by atoms with Crippen LogP contribution in [-0.4, -0.2) is 10.9 Å². The largest absolute Gasteiger partial charge is 0.282 e. The van der Waals surface area contributed by atoms with Gasteiger partial charge in [-0.25, -0.2) is 0 Å². The van der Waals surface area contributed by atoms with E-state index < -0.39 is 0 Å². The summed E-state index contributed by atoms with van der Waals surface area (Å²) >= 11 is 0. The normalized spacial score (nSPS) is 8.93. The summed E-state index contributed by atoms with van der Waals surface area (Å²) in [6, 6.07) is 7.44. The number of anilines is 1. The first-order chi connectivity index (χ1) is 6.63. The molecule has 0 saturated carbocycles. The van der Waals surface area contributed by atoms with Gasteiger partial charge in [-0.3, -0.25) is 10.2 Å². The Morgan fingerprint density at radius 3 is 2.79 bits per heavy atom. The van der Waals surface area contributed by atoms with E-state index in [4.69, 9.17) is 5.26 Å². The lowest BCUT2D eigenvalue weighted by Gasteiger charge is -2.13. The van der Waals surface area contributed by atoms with E-state index in [0.29, 0.717) is 0 Å². The maximum atomic E-state index is 10.9. The van der Waals surface area contributed by atoms with Crippen molar-refractivity contribution in [3.8, 4) is 6.19 Å². The number of nitrogens with zero attached hydrogens (tertiary/aromatic N) is 2. The highest BCUT2D eigenvalue weighted by molar-refractivity contribution is 5.76. The SMILES string of the molecule is CC(=O)N(C#N)Nc1cccc(C)c1. The van der Waals surface area contributed by atoms with Crippen molar-refractivity contribution in [2.75, 3.05) is 5.43 Å². The van der Waals surface area contributed by atoms with Crippen molar-refractivity contribution in [2.45, 2.75) is 13.8 Å². The lowest BCUT2D eigenvalue weighted by Crippen LogP contribution is -2.29. The molecule has 1 aromatic rings. The lowest BCUT2D eigenvalue weighted by atomic mass is 10.2. The van der Waals surface area contributed by atoms with Gasteiger partial charge in [-0.15, -0.1) is 0 Å². The molecule has 72 valence electrons. The molecule has 0 aliphatic heterocycles. The number of carbonyl (C=O) groups is 1. The molecule has 0 radical (unpaired) electrons. The smallest absolute Gasteiger partial charge is 0.251 e. The Balaban J connectivity index is 2.78. The minimum Gasteiger partial charge on any atom is -0.282 e. The first-order valence-electron chi connectivity index (χ1n) is 4.17. The molecule has 0 fully saturated rings. The summed E-state index contributed by atoms with van der Waals surface area (Å²) in [5.74, 6) is -0.339. The molecule has 0 heterocycles. The van der Waals surface area contributed by atoms with Gasteiger partial charge in [-0.1, -0.05) is 12.1 Å². The maximum Gasteiger partial charge on any atom is 0.251 e. The van der Waals surface area contributed by atoms with Gasteiger partial charge >= 0.3 is 0 Å². The van der Waals surface area contributed by atoms with Crippen LogP contribution >= 0.6 is 0 Å². The standard InChI is InChI=1S/C10H11N3O/c1-8-4-3-5-10(6-8)12-13(7-11)9(2)14/h3-6,12H,1-2H3. The van der Waals surface area contributed by atoms with Gasteiger partial charge in [0.05, 0.1) is 5.69 Å². The fraction of sp³-hybridized carbons (Fsp3) is 0.200. The fourth-order valence-corrected chi connectivity index (χ4v) is 1.02. The van der Waals surface area contributed by atoms with Gasteiger partial charge in [-0.2, -0.15) is 10.3 Å². The van der Waals surface area contributed by atoms with E-state index in [0.717, 1.165) is 16.3 Å². The third-order valence-electron chi connectivity index (χ3n) is 1.67. The highest BCUT2D eigenvalue weighted by Crippen LogP contribution is 2.10. The van der Waals surface area contributed by atoms with Crippen LogP contribution in [0.15, 0.2) is 24.3 Å². The first kappa shape index (κ1) is 10.1. The second-order valence-corrected chi connectivity index (χ2v) is 2.94. The predicted molar refractivity (Wildman–Crippen MR) is 52.9 cm³/mol. The highest BCUT2D eigenvalue weighted by atomic mass is 16.2.